The second-order valence-electron chi connectivity index (χ2n) is 10.0. The van der Waals surface area contributed by atoms with Crippen LogP contribution in [0.25, 0.3) is 33.8 Å². The van der Waals surface area contributed by atoms with Crippen molar-refractivity contribution in [3.63, 3.8) is 0 Å². The number of anilines is 1. The Labute approximate surface area is 215 Å². The number of carbonyl (C=O) groups is 1. The Morgan fingerprint density at radius 1 is 1.08 bits per heavy atom. The molecule has 0 unspecified atom stereocenters. The topological polar surface area (TPSA) is 123 Å². The average molecular weight is 502 g/mol. The number of ether oxygens (including phenoxy) is 1. The molecule has 37 heavy (non-hydrogen) atoms. The van der Waals surface area contributed by atoms with E-state index in [1.165, 1.54) is 0 Å². The molecule has 3 aromatic heterocycles. The van der Waals surface area contributed by atoms with E-state index in [1.807, 2.05) is 85.1 Å². The van der Waals surface area contributed by atoms with Crippen LogP contribution in [0.3, 0.4) is 0 Å². The predicted octanol–water partition coefficient (Wildman–Crippen LogP) is 3.29. The molecule has 5 rings (SSSR count). The quantitative estimate of drug-likeness (QED) is 0.437. The van der Waals surface area contributed by atoms with Gasteiger partial charge in [-0.3, -0.25) is 4.90 Å². The van der Waals surface area contributed by atoms with Crippen molar-refractivity contribution in [3.05, 3.63) is 60.8 Å². The molecule has 1 amide bonds. The Balaban J connectivity index is 1.59. The number of rotatable bonds is 4. The van der Waals surface area contributed by atoms with Crippen molar-refractivity contribution >= 4 is 23.1 Å². The van der Waals surface area contributed by atoms with E-state index in [0.717, 1.165) is 11.3 Å². The lowest BCUT2D eigenvalue weighted by Crippen LogP contribution is -2.60. The van der Waals surface area contributed by atoms with Gasteiger partial charge in [0.15, 0.2) is 11.5 Å². The molecule has 1 aliphatic heterocycles. The largest absolute Gasteiger partial charge is 0.444 e. The van der Waals surface area contributed by atoms with Gasteiger partial charge in [0.05, 0.1) is 37.0 Å². The number of piperazine rings is 1. The van der Waals surface area contributed by atoms with Gasteiger partial charge in [-0.1, -0.05) is 30.3 Å². The average Bonchev–Trinajstić information content (AvgIpc) is 3.26. The number of imidazole rings is 1. The Morgan fingerprint density at radius 3 is 2.57 bits per heavy atom. The zero-order valence-electron chi connectivity index (χ0n) is 21.2. The molecule has 1 fully saturated rings. The number of carbonyl (C=O) groups excluding carboxylic acids is 1. The van der Waals surface area contributed by atoms with Gasteiger partial charge in [0, 0.05) is 18.3 Å². The Morgan fingerprint density at radius 2 is 1.86 bits per heavy atom. The van der Waals surface area contributed by atoms with Crippen LogP contribution in [0.15, 0.2) is 60.8 Å². The first-order chi connectivity index (χ1) is 17.7. The smallest absolute Gasteiger partial charge is 0.410 e. The summed E-state index contributed by atoms with van der Waals surface area (Å²) in [7, 11) is 0. The summed E-state index contributed by atoms with van der Waals surface area (Å²) in [5.41, 5.74) is 9.46. The van der Waals surface area contributed by atoms with Gasteiger partial charge in [-0.05, 0) is 45.0 Å². The van der Waals surface area contributed by atoms with Crippen molar-refractivity contribution < 1.29 is 14.6 Å². The molecule has 0 spiro atoms. The molecule has 192 valence electrons. The Bertz CT molecular complexity index is 1410. The Kier molecular flexibility index (Phi) is 6.43. The van der Waals surface area contributed by atoms with E-state index in [2.05, 4.69) is 4.98 Å². The van der Waals surface area contributed by atoms with Crippen molar-refractivity contribution in [1.82, 2.24) is 24.5 Å². The summed E-state index contributed by atoms with van der Waals surface area (Å²) in [6.07, 6.45) is 1.20. The fraction of sp³-hybridized carbons (Fsp3) is 0.333. The third kappa shape index (κ3) is 4.92. The third-order valence-electron chi connectivity index (χ3n) is 6.21. The molecular weight excluding hydrogens is 470 g/mol. The van der Waals surface area contributed by atoms with Crippen LogP contribution in [0, 0.1) is 0 Å². The fourth-order valence-electron chi connectivity index (χ4n) is 4.50. The lowest BCUT2D eigenvalue weighted by atomic mass is 10.1. The number of aromatic nitrogens is 4. The second-order valence-corrected chi connectivity index (χ2v) is 10.0. The minimum atomic E-state index is -0.627. The standard InChI is InChI=1S/C27H31N7O3/c1-27(2,3)37-26(36)33-15-14-32(16-19(33)17-35)34-24(20-10-7-13-29-23(20)28)31-22-12-11-21(30-25(22)34)18-8-5-4-6-9-18/h4-13,19,35H,14-17H2,1-3H3,(H2,28,29)/t19-/m0/s1. The number of nitrogen functional groups attached to an aromatic ring is 1. The molecule has 3 N–H and O–H groups in total. The molecule has 0 bridgehead atoms. The SMILES string of the molecule is CC(C)(C)OC(=O)N1CCN(n2c(-c3cccnc3N)nc3ccc(-c4ccccc4)nc32)C[C@H]1CO. The zero-order valence-corrected chi connectivity index (χ0v) is 21.2. The maximum absolute atomic E-state index is 12.8. The summed E-state index contributed by atoms with van der Waals surface area (Å²) in [5.74, 6) is 0.953. The van der Waals surface area contributed by atoms with Crippen LogP contribution in [0.4, 0.5) is 10.6 Å². The fourth-order valence-corrected chi connectivity index (χ4v) is 4.50. The van der Waals surface area contributed by atoms with Crippen LogP contribution in [-0.4, -0.2) is 73.6 Å². The van der Waals surface area contributed by atoms with Crippen LogP contribution < -0.4 is 10.7 Å². The summed E-state index contributed by atoms with van der Waals surface area (Å²) < 4.78 is 7.51. The third-order valence-corrected chi connectivity index (χ3v) is 6.21. The second kappa shape index (κ2) is 9.70. The molecular formula is C27H31N7O3. The van der Waals surface area contributed by atoms with Crippen molar-refractivity contribution in [2.24, 2.45) is 0 Å². The summed E-state index contributed by atoms with van der Waals surface area (Å²) >= 11 is 0. The molecule has 10 heteroatoms. The van der Waals surface area contributed by atoms with Crippen molar-refractivity contribution in [2.75, 3.05) is 37.0 Å². The summed E-state index contributed by atoms with van der Waals surface area (Å²) in [6, 6.07) is 17.0. The van der Waals surface area contributed by atoms with Gasteiger partial charge >= 0.3 is 6.09 Å². The number of fused-ring (bicyclic) bond motifs is 1. The molecule has 1 saturated heterocycles. The van der Waals surface area contributed by atoms with Gasteiger partial charge in [0.1, 0.15) is 16.9 Å². The summed E-state index contributed by atoms with van der Waals surface area (Å²) in [4.78, 5) is 28.5. The first-order valence-corrected chi connectivity index (χ1v) is 12.3. The van der Waals surface area contributed by atoms with Gasteiger partial charge in [-0.25, -0.2) is 24.4 Å². The zero-order chi connectivity index (χ0) is 26.2. The number of benzene rings is 1. The molecule has 0 aliphatic carbocycles. The first-order valence-electron chi connectivity index (χ1n) is 12.3. The maximum Gasteiger partial charge on any atom is 0.410 e. The summed E-state index contributed by atoms with van der Waals surface area (Å²) in [5, 5.41) is 12.3. The highest BCUT2D eigenvalue weighted by Gasteiger charge is 2.35. The van der Waals surface area contributed by atoms with Crippen LogP contribution in [-0.2, 0) is 4.74 Å². The minimum absolute atomic E-state index is 0.213. The number of pyridine rings is 2. The van der Waals surface area contributed by atoms with Crippen LogP contribution in [0.2, 0.25) is 0 Å². The Hall–Kier alpha value is -4.18. The number of nitrogens with zero attached hydrogens (tertiary/aromatic N) is 6. The van der Waals surface area contributed by atoms with Crippen molar-refractivity contribution in [1.29, 1.82) is 0 Å². The number of aliphatic hydroxyl groups excluding tert-OH is 1. The first kappa shape index (κ1) is 24.5. The summed E-state index contributed by atoms with van der Waals surface area (Å²) in [6.45, 7) is 6.46. The molecule has 1 atom stereocenters. The minimum Gasteiger partial charge on any atom is -0.444 e. The number of amides is 1. The normalized spacial score (nSPS) is 16.3. The van der Waals surface area contributed by atoms with Gasteiger partial charge in [-0.15, -0.1) is 0 Å². The van der Waals surface area contributed by atoms with E-state index in [1.54, 1.807) is 11.1 Å². The van der Waals surface area contributed by atoms with Gasteiger partial charge in [0.25, 0.3) is 0 Å². The van der Waals surface area contributed by atoms with Gasteiger partial charge < -0.3 is 20.6 Å². The van der Waals surface area contributed by atoms with E-state index in [0.29, 0.717) is 48.0 Å². The highest BCUT2D eigenvalue weighted by Crippen LogP contribution is 2.30. The predicted molar refractivity (Wildman–Crippen MR) is 142 cm³/mol. The van der Waals surface area contributed by atoms with Gasteiger partial charge in [0.2, 0.25) is 0 Å². The van der Waals surface area contributed by atoms with E-state index < -0.39 is 17.7 Å². The molecule has 0 radical (unpaired) electrons. The highest BCUT2D eigenvalue weighted by atomic mass is 16.6. The van der Waals surface area contributed by atoms with E-state index in [4.69, 9.17) is 20.4 Å². The van der Waals surface area contributed by atoms with Gasteiger partial charge in [-0.2, -0.15) is 0 Å². The number of hydrogen-bond donors (Lipinski definition) is 2. The molecule has 0 saturated carbocycles. The highest BCUT2D eigenvalue weighted by molar-refractivity contribution is 5.83. The monoisotopic (exact) mass is 501 g/mol. The lowest BCUT2D eigenvalue weighted by molar-refractivity contribution is 0.00548. The van der Waals surface area contributed by atoms with Crippen LogP contribution in [0.5, 0.6) is 0 Å². The van der Waals surface area contributed by atoms with Crippen molar-refractivity contribution in [2.45, 2.75) is 32.4 Å². The van der Waals surface area contributed by atoms with E-state index in [9.17, 15) is 9.90 Å². The molecule has 1 aliphatic rings. The number of aliphatic hydroxyl groups is 1. The molecule has 1 aromatic carbocycles. The maximum atomic E-state index is 12.8. The van der Waals surface area contributed by atoms with Crippen LogP contribution in [0.1, 0.15) is 20.8 Å². The molecule has 10 nitrogen and oxygen atoms in total. The number of hydrogen-bond acceptors (Lipinski definition) is 8. The van der Waals surface area contributed by atoms with E-state index >= 15 is 0 Å². The molecule has 4 aromatic rings. The van der Waals surface area contributed by atoms with E-state index in [-0.39, 0.29) is 6.61 Å². The van der Waals surface area contributed by atoms with Crippen molar-refractivity contribution in [3.8, 4) is 22.6 Å². The molecule has 4 heterocycles. The van der Waals surface area contributed by atoms with Crippen LogP contribution >= 0.6 is 0 Å². The number of nitrogens with two attached hydrogens (primary N) is 1. The lowest BCUT2D eigenvalue weighted by Gasteiger charge is -2.42.